The van der Waals surface area contributed by atoms with Crippen LogP contribution in [0.25, 0.3) is 11.3 Å². The average molecular weight is 468 g/mol. The molecule has 0 spiro atoms. The van der Waals surface area contributed by atoms with Crippen LogP contribution in [0.2, 0.25) is 0 Å². The number of aryl methyl sites for hydroxylation is 2. The van der Waals surface area contributed by atoms with Crippen LogP contribution in [0.15, 0.2) is 133 Å². The summed E-state index contributed by atoms with van der Waals surface area (Å²) in [5.41, 5.74) is 9.50. The van der Waals surface area contributed by atoms with Crippen LogP contribution in [-0.2, 0) is 6.54 Å². The zero-order valence-corrected chi connectivity index (χ0v) is 20.7. The van der Waals surface area contributed by atoms with E-state index in [-0.39, 0.29) is 5.78 Å². The van der Waals surface area contributed by atoms with E-state index in [9.17, 15) is 4.79 Å². The maximum atomic E-state index is 13.4. The topological polar surface area (TPSA) is 20.3 Å². The van der Waals surface area contributed by atoms with Gasteiger partial charge in [0, 0.05) is 29.6 Å². The highest BCUT2D eigenvalue weighted by molar-refractivity contribution is 6.06. The smallest absolute Gasteiger partial charge is 0.187 e. The van der Waals surface area contributed by atoms with Gasteiger partial charge in [0.15, 0.2) is 5.78 Å². The highest BCUT2D eigenvalue weighted by Crippen LogP contribution is 2.36. The minimum atomic E-state index is -0.00289. The molecular formula is C34H29NO. The van der Waals surface area contributed by atoms with Crippen molar-refractivity contribution in [1.82, 2.24) is 4.90 Å². The molecule has 0 amide bonds. The van der Waals surface area contributed by atoms with E-state index in [0.29, 0.717) is 12.1 Å². The van der Waals surface area contributed by atoms with Crippen molar-refractivity contribution in [3.05, 3.63) is 167 Å². The number of ketones is 1. The molecule has 0 unspecified atom stereocenters. The fourth-order valence-electron chi connectivity index (χ4n) is 4.40. The molecule has 0 saturated heterocycles. The number of benzene rings is 4. The van der Waals surface area contributed by atoms with Gasteiger partial charge < -0.3 is 4.90 Å². The van der Waals surface area contributed by atoms with Crippen LogP contribution in [0.5, 0.6) is 0 Å². The minimum absolute atomic E-state index is 0.00289. The van der Waals surface area contributed by atoms with Gasteiger partial charge in [-0.1, -0.05) is 120 Å². The number of hydrogen-bond acceptors (Lipinski definition) is 2. The molecule has 0 N–H and O–H groups in total. The number of hydrogen-bond donors (Lipinski definition) is 0. The molecule has 4 aromatic rings. The van der Waals surface area contributed by atoms with Crippen molar-refractivity contribution in [2.75, 3.05) is 0 Å². The normalized spacial score (nSPS) is 14.4. The van der Waals surface area contributed by atoms with Crippen LogP contribution in [0.4, 0.5) is 0 Å². The number of carbonyl (C=O) groups excluding carboxylic acids is 1. The number of nitrogens with zero attached hydrogens (tertiary/aromatic N) is 1. The molecule has 5 rings (SSSR count). The second-order valence-electron chi connectivity index (χ2n) is 9.23. The maximum Gasteiger partial charge on any atom is 0.187 e. The van der Waals surface area contributed by atoms with Crippen molar-refractivity contribution in [3.8, 4) is 0 Å². The molecule has 4 aromatic carbocycles. The molecule has 2 heteroatoms. The Morgan fingerprint density at radius 3 is 1.83 bits per heavy atom. The summed E-state index contributed by atoms with van der Waals surface area (Å²) >= 11 is 0. The second-order valence-corrected chi connectivity index (χ2v) is 9.23. The molecule has 176 valence electrons. The van der Waals surface area contributed by atoms with Crippen LogP contribution in [0.3, 0.4) is 0 Å². The predicted octanol–water partition coefficient (Wildman–Crippen LogP) is 8.01. The molecule has 2 nitrogen and oxygen atoms in total. The van der Waals surface area contributed by atoms with Crippen LogP contribution in [-0.4, -0.2) is 10.7 Å². The first-order chi connectivity index (χ1) is 17.6. The highest BCUT2D eigenvalue weighted by atomic mass is 16.1. The van der Waals surface area contributed by atoms with Crippen LogP contribution >= 0.6 is 0 Å². The summed E-state index contributed by atoms with van der Waals surface area (Å²) < 4.78 is 0. The van der Waals surface area contributed by atoms with E-state index in [1.54, 1.807) is 6.08 Å². The first-order valence-corrected chi connectivity index (χ1v) is 12.3. The monoisotopic (exact) mass is 467 g/mol. The van der Waals surface area contributed by atoms with Crippen molar-refractivity contribution in [2.45, 2.75) is 20.4 Å². The molecule has 0 radical (unpaired) electrons. The Balaban J connectivity index is 1.64. The van der Waals surface area contributed by atoms with Gasteiger partial charge in [-0.25, -0.2) is 0 Å². The fraction of sp³-hybridized carbons (Fsp3) is 0.0882. The van der Waals surface area contributed by atoms with Crippen molar-refractivity contribution >= 4 is 17.1 Å². The molecule has 1 aliphatic rings. The van der Waals surface area contributed by atoms with Crippen LogP contribution < -0.4 is 0 Å². The van der Waals surface area contributed by atoms with E-state index in [2.05, 4.69) is 84.6 Å². The Morgan fingerprint density at radius 1 is 0.667 bits per heavy atom. The van der Waals surface area contributed by atoms with E-state index in [4.69, 9.17) is 0 Å². The zero-order valence-electron chi connectivity index (χ0n) is 20.7. The standard InChI is InChI=1S/C34H29NO/c1-25-13-17-27(18-14-25)24-35-32(23-34(36)30-19-15-26(2)16-20-30)21-31(28-9-5-3-6-10-28)22-33(35)29-11-7-4-8-12-29/h3-23H,24H2,1-2H3/b32-23+. The average Bonchev–Trinajstić information content (AvgIpc) is 2.92. The Labute approximate surface area is 213 Å². The van der Waals surface area contributed by atoms with Crippen molar-refractivity contribution in [3.63, 3.8) is 0 Å². The Morgan fingerprint density at radius 2 is 1.22 bits per heavy atom. The summed E-state index contributed by atoms with van der Waals surface area (Å²) in [4.78, 5) is 15.6. The van der Waals surface area contributed by atoms with E-state index in [1.807, 2.05) is 55.5 Å². The summed E-state index contributed by atoms with van der Waals surface area (Å²) in [7, 11) is 0. The quantitative estimate of drug-likeness (QED) is 0.211. The maximum absolute atomic E-state index is 13.4. The van der Waals surface area contributed by atoms with Gasteiger partial charge in [-0.15, -0.1) is 0 Å². The molecule has 0 saturated carbocycles. The summed E-state index contributed by atoms with van der Waals surface area (Å²) in [6, 6.07) is 37.1. The number of rotatable bonds is 6. The van der Waals surface area contributed by atoms with Crippen LogP contribution in [0.1, 0.15) is 38.2 Å². The van der Waals surface area contributed by atoms with Gasteiger partial charge in [-0.05, 0) is 48.3 Å². The largest absolute Gasteiger partial charge is 0.336 e. The Kier molecular flexibility index (Phi) is 6.77. The van der Waals surface area contributed by atoms with Crippen molar-refractivity contribution < 1.29 is 4.79 Å². The third-order valence-electron chi connectivity index (χ3n) is 6.45. The predicted molar refractivity (Wildman–Crippen MR) is 149 cm³/mol. The van der Waals surface area contributed by atoms with E-state index < -0.39 is 0 Å². The van der Waals surface area contributed by atoms with Gasteiger partial charge in [0.1, 0.15) is 0 Å². The lowest BCUT2D eigenvalue weighted by atomic mass is 9.95. The van der Waals surface area contributed by atoms with Crippen LogP contribution in [0, 0.1) is 13.8 Å². The lowest BCUT2D eigenvalue weighted by Crippen LogP contribution is -2.24. The SMILES string of the molecule is Cc1ccc(CN2C(c3ccccc3)=CC(c3ccccc3)=C/C2=C\C(=O)c2ccc(C)cc2)cc1. The van der Waals surface area contributed by atoms with E-state index in [0.717, 1.165) is 33.7 Å². The van der Waals surface area contributed by atoms with E-state index >= 15 is 0 Å². The van der Waals surface area contributed by atoms with Gasteiger partial charge >= 0.3 is 0 Å². The fourth-order valence-corrected chi connectivity index (χ4v) is 4.40. The first kappa shape index (κ1) is 23.3. The second kappa shape index (κ2) is 10.5. The molecule has 0 fully saturated rings. The van der Waals surface area contributed by atoms with E-state index in [1.165, 1.54) is 11.1 Å². The number of carbonyl (C=O) groups is 1. The molecule has 0 aliphatic carbocycles. The van der Waals surface area contributed by atoms with Gasteiger partial charge in [0.2, 0.25) is 0 Å². The lowest BCUT2D eigenvalue weighted by Gasteiger charge is -2.33. The van der Waals surface area contributed by atoms with Gasteiger partial charge in [-0.3, -0.25) is 4.79 Å². The van der Waals surface area contributed by atoms with Gasteiger partial charge in [0.05, 0.1) is 0 Å². The van der Waals surface area contributed by atoms with Crippen molar-refractivity contribution in [1.29, 1.82) is 0 Å². The first-order valence-electron chi connectivity index (χ1n) is 12.3. The molecular weight excluding hydrogens is 438 g/mol. The molecule has 36 heavy (non-hydrogen) atoms. The molecule has 1 aliphatic heterocycles. The van der Waals surface area contributed by atoms with Gasteiger partial charge in [0.25, 0.3) is 0 Å². The molecule has 0 bridgehead atoms. The third-order valence-corrected chi connectivity index (χ3v) is 6.45. The summed E-state index contributed by atoms with van der Waals surface area (Å²) in [6.45, 7) is 4.79. The number of allylic oxidation sites excluding steroid dienone is 4. The van der Waals surface area contributed by atoms with Gasteiger partial charge in [-0.2, -0.15) is 0 Å². The highest BCUT2D eigenvalue weighted by Gasteiger charge is 2.22. The molecule has 0 atom stereocenters. The summed E-state index contributed by atoms with van der Waals surface area (Å²) in [5.74, 6) is -0.00289. The molecule has 1 heterocycles. The zero-order chi connectivity index (χ0) is 24.9. The Hall–Kier alpha value is -4.43. The summed E-state index contributed by atoms with van der Waals surface area (Å²) in [6.07, 6.45) is 6.13. The minimum Gasteiger partial charge on any atom is -0.336 e. The third kappa shape index (κ3) is 5.29. The Bertz CT molecular complexity index is 1440. The summed E-state index contributed by atoms with van der Waals surface area (Å²) in [5, 5.41) is 0. The lowest BCUT2D eigenvalue weighted by molar-refractivity contribution is 0.104. The molecule has 0 aromatic heterocycles. The van der Waals surface area contributed by atoms with Crippen molar-refractivity contribution in [2.24, 2.45) is 0 Å².